The van der Waals surface area contributed by atoms with Gasteiger partial charge in [0, 0.05) is 13.1 Å². The molecule has 2 aromatic rings. The Kier molecular flexibility index (Phi) is 8.48. The number of hydrogen-bond acceptors (Lipinski definition) is 4. The Morgan fingerprint density at radius 1 is 1.11 bits per heavy atom. The molecule has 8 heteroatoms. The van der Waals surface area contributed by atoms with E-state index in [2.05, 4.69) is 20.4 Å². The molecule has 3 N–H and O–H groups in total. The summed E-state index contributed by atoms with van der Waals surface area (Å²) in [6, 6.07) is 13.5. The molecule has 2 aromatic carbocycles. The van der Waals surface area contributed by atoms with Crippen molar-refractivity contribution in [3.8, 4) is 11.5 Å². The van der Waals surface area contributed by atoms with Gasteiger partial charge in [-0.15, -0.1) is 0 Å². The number of aliphatic imine (C=N–C) groups is 1. The van der Waals surface area contributed by atoms with E-state index in [1.54, 1.807) is 19.2 Å². The highest BCUT2D eigenvalue weighted by atomic mass is 19.3. The summed E-state index contributed by atoms with van der Waals surface area (Å²) >= 11 is 0. The molecular weight excluding hydrogens is 368 g/mol. The minimum Gasteiger partial charge on any atom is -0.497 e. The number of benzene rings is 2. The third kappa shape index (κ3) is 7.03. The molecule has 0 saturated heterocycles. The van der Waals surface area contributed by atoms with E-state index in [-0.39, 0.29) is 12.3 Å². The molecule has 0 aliphatic carbocycles. The number of guanidine groups is 1. The molecule has 1 atom stereocenters. The summed E-state index contributed by atoms with van der Waals surface area (Å²) in [6.45, 7) is 0.392. The largest absolute Gasteiger partial charge is 0.497 e. The zero-order valence-electron chi connectivity index (χ0n) is 15.9. The fourth-order valence-corrected chi connectivity index (χ4v) is 2.47. The highest BCUT2D eigenvalue weighted by molar-refractivity contribution is 5.79. The van der Waals surface area contributed by atoms with E-state index in [0.29, 0.717) is 24.6 Å². The van der Waals surface area contributed by atoms with E-state index >= 15 is 0 Å². The van der Waals surface area contributed by atoms with E-state index in [4.69, 9.17) is 4.74 Å². The van der Waals surface area contributed by atoms with Crippen LogP contribution in [0.5, 0.6) is 11.5 Å². The van der Waals surface area contributed by atoms with Crippen molar-refractivity contribution < 1.29 is 23.4 Å². The van der Waals surface area contributed by atoms with Gasteiger partial charge < -0.3 is 25.2 Å². The number of rotatable bonds is 9. The Morgan fingerprint density at radius 2 is 1.86 bits per heavy atom. The third-order valence-electron chi connectivity index (χ3n) is 3.85. The van der Waals surface area contributed by atoms with Crippen molar-refractivity contribution in [2.75, 3.05) is 20.2 Å². The lowest BCUT2D eigenvalue weighted by Gasteiger charge is -2.16. The molecule has 0 heterocycles. The van der Waals surface area contributed by atoms with Crippen LogP contribution < -0.4 is 20.1 Å². The number of alkyl halides is 2. The highest BCUT2D eigenvalue weighted by Crippen LogP contribution is 2.19. The number of nitrogens with zero attached hydrogens (tertiary/aromatic N) is 1. The van der Waals surface area contributed by atoms with Crippen LogP contribution in [-0.2, 0) is 6.54 Å². The molecule has 152 valence electrons. The SMILES string of the molecule is CCNC(=NCc1cccc(OC)c1)NCC(O)c1ccc(OC(F)F)cc1. The standard InChI is InChI=1S/C20H25F2N3O3/c1-3-23-20(24-12-14-5-4-6-17(11-14)27-2)25-13-18(26)15-7-9-16(10-8-15)28-19(21)22/h4-11,18-19,26H,3,12-13H2,1-2H3,(H2,23,24,25). The van der Waals surface area contributed by atoms with E-state index < -0.39 is 12.7 Å². The van der Waals surface area contributed by atoms with Crippen molar-refractivity contribution in [1.29, 1.82) is 0 Å². The first-order chi connectivity index (χ1) is 13.5. The summed E-state index contributed by atoms with van der Waals surface area (Å²) in [5.41, 5.74) is 1.57. The minimum absolute atomic E-state index is 0.0482. The molecule has 0 radical (unpaired) electrons. The summed E-state index contributed by atoms with van der Waals surface area (Å²) in [6.07, 6.45) is -0.832. The van der Waals surface area contributed by atoms with Crippen molar-refractivity contribution in [3.05, 3.63) is 59.7 Å². The number of halogens is 2. The Morgan fingerprint density at radius 3 is 2.50 bits per heavy atom. The number of aliphatic hydroxyl groups excluding tert-OH is 1. The van der Waals surface area contributed by atoms with Gasteiger partial charge in [0.25, 0.3) is 0 Å². The summed E-state index contributed by atoms with van der Waals surface area (Å²) in [7, 11) is 1.61. The average Bonchev–Trinajstić information content (AvgIpc) is 2.70. The van der Waals surface area contributed by atoms with Crippen LogP contribution in [0.4, 0.5) is 8.78 Å². The van der Waals surface area contributed by atoms with Gasteiger partial charge in [-0.2, -0.15) is 8.78 Å². The van der Waals surface area contributed by atoms with Gasteiger partial charge in [-0.25, -0.2) is 4.99 Å². The van der Waals surface area contributed by atoms with Crippen LogP contribution in [0.15, 0.2) is 53.5 Å². The molecule has 0 aromatic heterocycles. The molecule has 0 saturated carbocycles. The average molecular weight is 393 g/mol. The molecule has 1 unspecified atom stereocenters. The van der Waals surface area contributed by atoms with Crippen LogP contribution in [0, 0.1) is 0 Å². The predicted octanol–water partition coefficient (Wildman–Crippen LogP) is 3.09. The van der Waals surface area contributed by atoms with Crippen LogP contribution in [0.3, 0.4) is 0 Å². The molecular formula is C20H25F2N3O3. The highest BCUT2D eigenvalue weighted by Gasteiger charge is 2.10. The number of nitrogens with one attached hydrogen (secondary N) is 2. The zero-order chi connectivity index (χ0) is 20.4. The molecule has 0 spiro atoms. The lowest BCUT2D eigenvalue weighted by Crippen LogP contribution is -2.39. The summed E-state index contributed by atoms with van der Waals surface area (Å²) < 4.78 is 33.9. The van der Waals surface area contributed by atoms with Gasteiger partial charge in [-0.1, -0.05) is 24.3 Å². The molecule has 0 fully saturated rings. The van der Waals surface area contributed by atoms with Gasteiger partial charge in [0.05, 0.1) is 19.8 Å². The monoisotopic (exact) mass is 393 g/mol. The fourth-order valence-electron chi connectivity index (χ4n) is 2.47. The lowest BCUT2D eigenvalue weighted by atomic mass is 10.1. The van der Waals surface area contributed by atoms with E-state index in [1.807, 2.05) is 31.2 Å². The molecule has 0 bridgehead atoms. The summed E-state index contributed by atoms with van der Waals surface area (Å²) in [5.74, 6) is 1.37. The van der Waals surface area contributed by atoms with Crippen LogP contribution in [0.2, 0.25) is 0 Å². The summed E-state index contributed by atoms with van der Waals surface area (Å²) in [5, 5.41) is 16.5. The number of ether oxygens (including phenoxy) is 2. The second-order valence-corrected chi connectivity index (χ2v) is 5.89. The van der Waals surface area contributed by atoms with Crippen molar-refractivity contribution >= 4 is 5.96 Å². The van der Waals surface area contributed by atoms with Crippen molar-refractivity contribution in [2.45, 2.75) is 26.2 Å². The van der Waals surface area contributed by atoms with Crippen LogP contribution in [0.1, 0.15) is 24.2 Å². The maximum absolute atomic E-state index is 12.2. The van der Waals surface area contributed by atoms with Gasteiger partial charge in [-0.05, 0) is 42.3 Å². The van der Waals surface area contributed by atoms with Crippen LogP contribution >= 0.6 is 0 Å². The number of hydrogen-bond donors (Lipinski definition) is 3. The lowest BCUT2D eigenvalue weighted by molar-refractivity contribution is -0.0498. The van der Waals surface area contributed by atoms with E-state index in [0.717, 1.165) is 11.3 Å². The maximum Gasteiger partial charge on any atom is 0.387 e. The predicted molar refractivity (Wildman–Crippen MR) is 104 cm³/mol. The zero-order valence-corrected chi connectivity index (χ0v) is 15.9. The molecule has 6 nitrogen and oxygen atoms in total. The van der Waals surface area contributed by atoms with Crippen molar-refractivity contribution in [2.24, 2.45) is 4.99 Å². The van der Waals surface area contributed by atoms with Crippen molar-refractivity contribution in [3.63, 3.8) is 0 Å². The van der Waals surface area contributed by atoms with Crippen LogP contribution in [0.25, 0.3) is 0 Å². The first-order valence-corrected chi connectivity index (χ1v) is 8.89. The van der Waals surface area contributed by atoms with E-state index in [1.165, 1.54) is 12.1 Å². The Hall–Kier alpha value is -2.87. The molecule has 2 rings (SSSR count). The molecule has 0 aliphatic heterocycles. The second kappa shape index (κ2) is 11.1. The number of methoxy groups -OCH3 is 1. The quantitative estimate of drug-likeness (QED) is 0.451. The van der Waals surface area contributed by atoms with Crippen LogP contribution in [-0.4, -0.2) is 37.9 Å². The van der Waals surface area contributed by atoms with Crippen molar-refractivity contribution in [1.82, 2.24) is 10.6 Å². The first-order valence-electron chi connectivity index (χ1n) is 8.89. The fraction of sp³-hybridized carbons (Fsp3) is 0.350. The topological polar surface area (TPSA) is 75.1 Å². The van der Waals surface area contributed by atoms with Gasteiger partial charge in [-0.3, -0.25) is 0 Å². The first kappa shape index (κ1) is 21.4. The smallest absolute Gasteiger partial charge is 0.387 e. The van der Waals surface area contributed by atoms with Gasteiger partial charge in [0.15, 0.2) is 5.96 Å². The minimum atomic E-state index is -2.87. The van der Waals surface area contributed by atoms with Gasteiger partial charge in [0.2, 0.25) is 0 Å². The summed E-state index contributed by atoms with van der Waals surface area (Å²) in [4.78, 5) is 4.50. The Bertz CT molecular complexity index is 755. The molecule has 0 aliphatic rings. The molecule has 0 amide bonds. The normalized spacial score (nSPS) is 12.6. The Labute approximate surface area is 163 Å². The second-order valence-electron chi connectivity index (χ2n) is 5.89. The third-order valence-corrected chi connectivity index (χ3v) is 3.85. The van der Waals surface area contributed by atoms with Gasteiger partial charge in [0.1, 0.15) is 11.5 Å². The molecule has 28 heavy (non-hydrogen) atoms. The van der Waals surface area contributed by atoms with E-state index in [9.17, 15) is 13.9 Å². The maximum atomic E-state index is 12.2. The Balaban J connectivity index is 1.93. The number of aliphatic hydroxyl groups is 1. The van der Waals surface area contributed by atoms with Gasteiger partial charge >= 0.3 is 6.61 Å².